The Hall–Kier alpha value is -2.50. The molecule has 0 fully saturated rings. The minimum Gasteiger partial charge on any atom is -0.508 e. The lowest BCUT2D eigenvalue weighted by Crippen LogP contribution is -2.15. The number of aromatic nitrogens is 2. The average molecular weight is 247 g/mol. The molecular formula is C12H10FN3O2. The zero-order chi connectivity index (χ0) is 13.1. The van der Waals surface area contributed by atoms with E-state index < -0.39 is 11.7 Å². The molecule has 1 aromatic carbocycles. The Morgan fingerprint density at radius 1 is 1.33 bits per heavy atom. The van der Waals surface area contributed by atoms with Gasteiger partial charge in [-0.2, -0.15) is 0 Å². The van der Waals surface area contributed by atoms with Crippen molar-refractivity contribution in [3.63, 3.8) is 0 Å². The third-order valence-electron chi connectivity index (χ3n) is 2.21. The summed E-state index contributed by atoms with van der Waals surface area (Å²) in [4.78, 5) is 19.5. The van der Waals surface area contributed by atoms with Gasteiger partial charge in [0.05, 0.1) is 17.6 Å². The molecule has 18 heavy (non-hydrogen) atoms. The number of benzene rings is 1. The zero-order valence-corrected chi connectivity index (χ0v) is 9.51. The van der Waals surface area contributed by atoms with E-state index in [1.807, 2.05) is 0 Å². The molecule has 0 radical (unpaired) electrons. The number of carbonyl (C=O) groups excluding carboxylic acids is 1. The van der Waals surface area contributed by atoms with Gasteiger partial charge in [-0.25, -0.2) is 9.37 Å². The molecule has 0 aliphatic rings. The highest BCUT2D eigenvalue weighted by Crippen LogP contribution is 2.19. The number of amides is 1. The Bertz CT molecular complexity index is 584. The molecule has 92 valence electrons. The molecule has 0 saturated heterocycles. The van der Waals surface area contributed by atoms with Gasteiger partial charge in [0.2, 0.25) is 0 Å². The fourth-order valence-corrected chi connectivity index (χ4v) is 1.30. The molecule has 0 saturated carbocycles. The van der Waals surface area contributed by atoms with Crippen molar-refractivity contribution in [2.24, 2.45) is 0 Å². The van der Waals surface area contributed by atoms with Gasteiger partial charge in [-0.05, 0) is 19.1 Å². The number of anilines is 1. The van der Waals surface area contributed by atoms with Gasteiger partial charge in [-0.1, -0.05) is 0 Å². The lowest BCUT2D eigenvalue weighted by Gasteiger charge is -2.06. The Kier molecular flexibility index (Phi) is 3.18. The second kappa shape index (κ2) is 4.79. The van der Waals surface area contributed by atoms with Crippen molar-refractivity contribution >= 4 is 11.6 Å². The quantitative estimate of drug-likeness (QED) is 0.794. The zero-order valence-electron chi connectivity index (χ0n) is 9.51. The maximum absolute atomic E-state index is 13.4. The molecule has 2 N–H and O–H groups in total. The third-order valence-corrected chi connectivity index (χ3v) is 2.21. The van der Waals surface area contributed by atoms with Crippen molar-refractivity contribution in [2.75, 3.05) is 5.32 Å². The first kappa shape index (κ1) is 12.0. The molecule has 0 bridgehead atoms. The summed E-state index contributed by atoms with van der Waals surface area (Å²) in [5.74, 6) is -1.49. The predicted octanol–water partition coefficient (Wildman–Crippen LogP) is 1.88. The normalized spacial score (nSPS) is 10.1. The van der Waals surface area contributed by atoms with Crippen LogP contribution in [0.4, 0.5) is 10.1 Å². The van der Waals surface area contributed by atoms with Crippen LogP contribution in [0.3, 0.4) is 0 Å². The van der Waals surface area contributed by atoms with Crippen LogP contribution in [-0.2, 0) is 0 Å². The summed E-state index contributed by atoms with van der Waals surface area (Å²) >= 11 is 0. The van der Waals surface area contributed by atoms with Crippen molar-refractivity contribution in [1.29, 1.82) is 0 Å². The first-order valence-corrected chi connectivity index (χ1v) is 5.15. The number of hydrogen-bond donors (Lipinski definition) is 2. The van der Waals surface area contributed by atoms with E-state index in [4.69, 9.17) is 5.11 Å². The van der Waals surface area contributed by atoms with Gasteiger partial charge < -0.3 is 10.4 Å². The molecule has 1 aromatic heterocycles. The van der Waals surface area contributed by atoms with Gasteiger partial charge in [-0.3, -0.25) is 9.78 Å². The Morgan fingerprint density at radius 2 is 2.11 bits per heavy atom. The van der Waals surface area contributed by atoms with Crippen LogP contribution >= 0.6 is 0 Å². The Balaban J connectivity index is 2.18. The minimum atomic E-state index is -0.719. The summed E-state index contributed by atoms with van der Waals surface area (Å²) in [6, 6.07) is 3.46. The van der Waals surface area contributed by atoms with Crippen LogP contribution in [0.15, 0.2) is 30.6 Å². The van der Waals surface area contributed by atoms with Crippen molar-refractivity contribution < 1.29 is 14.3 Å². The van der Waals surface area contributed by atoms with Crippen molar-refractivity contribution in [3.8, 4) is 5.75 Å². The highest BCUT2D eigenvalue weighted by Gasteiger charge is 2.11. The lowest BCUT2D eigenvalue weighted by molar-refractivity contribution is 0.102. The monoisotopic (exact) mass is 247 g/mol. The van der Waals surface area contributed by atoms with Crippen LogP contribution in [0, 0.1) is 12.7 Å². The molecule has 0 atom stereocenters. The molecule has 1 amide bonds. The van der Waals surface area contributed by atoms with Gasteiger partial charge in [0.1, 0.15) is 17.3 Å². The Labute approximate surface area is 102 Å². The number of halogens is 1. The van der Waals surface area contributed by atoms with Crippen molar-refractivity contribution in [1.82, 2.24) is 9.97 Å². The fraction of sp³-hybridized carbons (Fsp3) is 0.0833. The third kappa shape index (κ3) is 2.60. The number of aromatic hydroxyl groups is 1. The topological polar surface area (TPSA) is 75.1 Å². The van der Waals surface area contributed by atoms with E-state index in [-0.39, 0.29) is 17.1 Å². The summed E-state index contributed by atoms with van der Waals surface area (Å²) in [5, 5.41) is 11.4. The van der Waals surface area contributed by atoms with Crippen molar-refractivity contribution in [2.45, 2.75) is 6.92 Å². The molecule has 0 unspecified atom stereocenters. The van der Waals surface area contributed by atoms with Crippen LogP contribution in [0.5, 0.6) is 5.75 Å². The van der Waals surface area contributed by atoms with Gasteiger partial charge in [0, 0.05) is 12.3 Å². The number of nitrogens with zero attached hydrogens (tertiary/aromatic N) is 2. The van der Waals surface area contributed by atoms with E-state index in [0.29, 0.717) is 5.69 Å². The molecule has 1 heterocycles. The van der Waals surface area contributed by atoms with Crippen LogP contribution in [0.1, 0.15) is 16.2 Å². The maximum atomic E-state index is 13.4. The highest BCUT2D eigenvalue weighted by atomic mass is 19.1. The highest BCUT2D eigenvalue weighted by molar-refractivity contribution is 6.02. The summed E-state index contributed by atoms with van der Waals surface area (Å²) < 4.78 is 13.4. The Morgan fingerprint density at radius 3 is 2.72 bits per heavy atom. The van der Waals surface area contributed by atoms with E-state index >= 15 is 0 Å². The number of rotatable bonds is 2. The second-order valence-corrected chi connectivity index (χ2v) is 3.66. The fourth-order valence-electron chi connectivity index (χ4n) is 1.30. The molecule has 0 spiro atoms. The van der Waals surface area contributed by atoms with Gasteiger partial charge in [-0.15, -0.1) is 0 Å². The van der Waals surface area contributed by atoms with Gasteiger partial charge >= 0.3 is 0 Å². The standard InChI is InChI=1S/C12H10FN3O2/c1-7-5-15-11(6-14-7)12(18)16-10-3-2-8(17)4-9(10)13/h2-6,17H,1H3,(H,16,18). The first-order chi connectivity index (χ1) is 8.56. The molecule has 5 nitrogen and oxygen atoms in total. The first-order valence-electron chi connectivity index (χ1n) is 5.15. The molecule has 0 aliphatic heterocycles. The minimum absolute atomic E-state index is 0.0276. The number of hydrogen-bond acceptors (Lipinski definition) is 4. The summed E-state index contributed by atoms with van der Waals surface area (Å²) in [5.41, 5.74) is 0.746. The van der Waals surface area contributed by atoms with E-state index in [1.165, 1.54) is 24.5 Å². The summed E-state index contributed by atoms with van der Waals surface area (Å²) in [7, 11) is 0. The smallest absolute Gasteiger partial charge is 0.275 e. The number of carbonyl (C=O) groups is 1. The maximum Gasteiger partial charge on any atom is 0.275 e. The molecular weight excluding hydrogens is 237 g/mol. The number of aryl methyl sites for hydroxylation is 1. The molecule has 2 rings (SSSR count). The molecule has 0 aliphatic carbocycles. The van der Waals surface area contributed by atoms with E-state index in [9.17, 15) is 9.18 Å². The largest absolute Gasteiger partial charge is 0.508 e. The van der Waals surface area contributed by atoms with E-state index in [0.717, 1.165) is 6.07 Å². The number of phenolic OH excluding ortho intramolecular Hbond substituents is 1. The average Bonchev–Trinajstić information content (AvgIpc) is 2.33. The second-order valence-electron chi connectivity index (χ2n) is 3.66. The summed E-state index contributed by atoms with van der Waals surface area (Å²) in [6.07, 6.45) is 2.76. The van der Waals surface area contributed by atoms with Crippen molar-refractivity contribution in [3.05, 3.63) is 47.8 Å². The lowest BCUT2D eigenvalue weighted by atomic mass is 10.2. The van der Waals surface area contributed by atoms with Crippen LogP contribution in [0.25, 0.3) is 0 Å². The summed E-state index contributed by atoms with van der Waals surface area (Å²) in [6.45, 7) is 1.74. The molecule has 2 aromatic rings. The van der Waals surface area contributed by atoms with Crippen LogP contribution in [0.2, 0.25) is 0 Å². The van der Waals surface area contributed by atoms with E-state index in [2.05, 4.69) is 15.3 Å². The predicted molar refractivity (Wildman–Crippen MR) is 62.8 cm³/mol. The number of nitrogens with one attached hydrogen (secondary N) is 1. The van der Waals surface area contributed by atoms with Crippen LogP contribution in [-0.4, -0.2) is 21.0 Å². The van der Waals surface area contributed by atoms with E-state index in [1.54, 1.807) is 6.92 Å². The number of phenols is 1. The van der Waals surface area contributed by atoms with Gasteiger partial charge in [0.15, 0.2) is 0 Å². The van der Waals surface area contributed by atoms with Crippen LogP contribution < -0.4 is 5.32 Å². The van der Waals surface area contributed by atoms with Gasteiger partial charge in [0.25, 0.3) is 5.91 Å². The molecule has 6 heteroatoms. The SMILES string of the molecule is Cc1cnc(C(=O)Nc2ccc(O)cc2F)cn1.